The quantitative estimate of drug-likeness (QED) is 0.193. The van der Waals surface area contributed by atoms with Crippen molar-refractivity contribution in [2.24, 2.45) is 0 Å². The Hall–Kier alpha value is -3.92. The van der Waals surface area contributed by atoms with Crippen molar-refractivity contribution in [3.8, 4) is 28.6 Å². The van der Waals surface area contributed by atoms with E-state index in [-0.39, 0.29) is 23.1 Å². The number of ether oxygens (including phenoxy) is 2. The fourth-order valence-corrected chi connectivity index (χ4v) is 3.72. The normalized spacial score (nSPS) is 11.5. The number of hydrogen-bond donors (Lipinski definition) is 0. The summed E-state index contributed by atoms with van der Waals surface area (Å²) < 4.78 is 52.3. The van der Waals surface area contributed by atoms with Gasteiger partial charge in [-0.05, 0) is 36.6 Å². The highest BCUT2D eigenvalue weighted by Gasteiger charge is 2.29. The first kappa shape index (κ1) is 25.2. The van der Waals surface area contributed by atoms with Crippen LogP contribution in [0.5, 0.6) is 5.75 Å². The molecular weight excluding hydrogens is 499 g/mol. The molecule has 0 spiro atoms. The van der Waals surface area contributed by atoms with Crippen molar-refractivity contribution in [2.75, 3.05) is 6.61 Å². The molecule has 0 amide bonds. The Morgan fingerprint density at radius 3 is 2.69 bits per heavy atom. The zero-order valence-electron chi connectivity index (χ0n) is 18.9. The number of pyridine rings is 1. The molecule has 36 heavy (non-hydrogen) atoms. The number of allylic oxidation sites excluding steroid dienone is 1. The second-order valence-electron chi connectivity index (χ2n) is 7.81. The molecule has 2 aromatic carbocycles. The van der Waals surface area contributed by atoms with Crippen LogP contribution in [-0.2, 0) is 16.0 Å². The van der Waals surface area contributed by atoms with Crippen LogP contribution in [-0.4, -0.2) is 33.9 Å². The number of nitrogens with zero attached hydrogens (tertiary/aromatic N) is 3. The molecule has 0 fully saturated rings. The lowest BCUT2D eigenvalue weighted by Crippen LogP contribution is -2.19. The van der Waals surface area contributed by atoms with Crippen LogP contribution in [0.2, 0.25) is 5.02 Å². The van der Waals surface area contributed by atoms with E-state index in [2.05, 4.69) is 21.7 Å². The number of alkyl halides is 3. The topological polar surface area (TPSA) is 87.3 Å². The van der Waals surface area contributed by atoms with Crippen LogP contribution in [0.4, 0.5) is 13.2 Å². The molecule has 7 nitrogen and oxygen atoms in total. The largest absolute Gasteiger partial charge is 0.483 e. The highest BCUT2D eigenvalue weighted by molar-refractivity contribution is 6.32. The van der Waals surface area contributed by atoms with Crippen molar-refractivity contribution in [2.45, 2.75) is 25.9 Å². The molecule has 0 N–H and O–H groups in total. The summed E-state index contributed by atoms with van der Waals surface area (Å²) in [6.07, 6.45) is -2.35. The van der Waals surface area contributed by atoms with Gasteiger partial charge < -0.3 is 14.0 Å². The van der Waals surface area contributed by atoms with Crippen LogP contribution in [0.15, 0.2) is 65.5 Å². The lowest BCUT2D eigenvalue weighted by Gasteiger charge is -2.10. The number of hydrogen-bond acceptors (Lipinski definition) is 7. The minimum Gasteiger partial charge on any atom is -0.483 e. The fourth-order valence-electron chi connectivity index (χ4n) is 3.49. The van der Waals surface area contributed by atoms with Crippen molar-refractivity contribution < 1.29 is 32.0 Å². The van der Waals surface area contributed by atoms with Gasteiger partial charge in [0.1, 0.15) is 5.75 Å². The molecule has 0 atom stereocenters. The first-order valence-corrected chi connectivity index (χ1v) is 11.0. The van der Waals surface area contributed by atoms with Gasteiger partial charge in [0.2, 0.25) is 5.82 Å². The zero-order valence-corrected chi connectivity index (χ0v) is 19.7. The van der Waals surface area contributed by atoms with Gasteiger partial charge in [0.15, 0.2) is 6.61 Å². The summed E-state index contributed by atoms with van der Waals surface area (Å²) in [7, 11) is 0. The lowest BCUT2D eigenvalue weighted by molar-refractivity contribution is -0.153. The summed E-state index contributed by atoms with van der Waals surface area (Å²) in [6, 6.07) is 11.5. The molecule has 0 aliphatic heterocycles. The lowest BCUT2D eigenvalue weighted by atomic mass is 10.0. The molecule has 4 rings (SSSR count). The Morgan fingerprint density at radius 2 is 1.97 bits per heavy atom. The summed E-state index contributed by atoms with van der Waals surface area (Å²) in [6.45, 7) is 3.71. The van der Waals surface area contributed by atoms with Crippen LogP contribution >= 0.6 is 11.6 Å². The third-order valence-corrected chi connectivity index (χ3v) is 5.28. The molecule has 4 aromatic rings. The summed E-state index contributed by atoms with van der Waals surface area (Å²) in [5.41, 5.74) is 1.79. The number of halogens is 4. The third kappa shape index (κ3) is 6.01. The first-order valence-electron chi connectivity index (χ1n) is 10.7. The molecule has 0 aliphatic rings. The van der Waals surface area contributed by atoms with Gasteiger partial charge in [0.25, 0.3) is 5.89 Å². The number of carbonyl (C=O) groups is 1. The number of carbonyl (C=O) groups excluding carboxylic acids is 1. The maximum atomic E-state index is 12.4. The number of esters is 1. The SMILES string of the molecule is C=C(C)OC(=O)CCc1nccc2c(-c3noc(-c4ccc(OCC(F)(F)F)c(Cl)c4)n3)cccc12. The zero-order chi connectivity index (χ0) is 25.9. The minimum atomic E-state index is -4.48. The van der Waals surface area contributed by atoms with Crippen molar-refractivity contribution in [3.63, 3.8) is 0 Å². The van der Waals surface area contributed by atoms with Crippen molar-refractivity contribution in [3.05, 3.63) is 71.7 Å². The third-order valence-electron chi connectivity index (χ3n) is 4.98. The molecule has 0 aliphatic carbocycles. The van der Waals surface area contributed by atoms with E-state index in [1.165, 1.54) is 18.2 Å². The highest BCUT2D eigenvalue weighted by atomic mass is 35.5. The van der Waals surface area contributed by atoms with Crippen LogP contribution in [0.25, 0.3) is 33.6 Å². The van der Waals surface area contributed by atoms with E-state index in [0.29, 0.717) is 34.8 Å². The molecule has 0 saturated carbocycles. The van der Waals surface area contributed by atoms with Gasteiger partial charge in [0.05, 0.1) is 17.2 Å². The van der Waals surface area contributed by atoms with Gasteiger partial charge in [0, 0.05) is 34.8 Å². The summed E-state index contributed by atoms with van der Waals surface area (Å²) in [5, 5.41) is 5.65. The van der Waals surface area contributed by atoms with Gasteiger partial charge in [-0.15, -0.1) is 0 Å². The second kappa shape index (κ2) is 10.4. The number of rotatable bonds is 8. The maximum absolute atomic E-state index is 12.4. The molecule has 0 radical (unpaired) electrons. The molecule has 186 valence electrons. The highest BCUT2D eigenvalue weighted by Crippen LogP contribution is 2.33. The fraction of sp³-hybridized carbons (Fsp3) is 0.200. The van der Waals surface area contributed by atoms with E-state index >= 15 is 0 Å². The number of aryl methyl sites for hydroxylation is 1. The number of fused-ring (bicyclic) bond motifs is 1. The van der Waals surface area contributed by atoms with E-state index < -0.39 is 18.8 Å². The van der Waals surface area contributed by atoms with Crippen LogP contribution in [0.3, 0.4) is 0 Å². The molecule has 0 bridgehead atoms. The smallest absolute Gasteiger partial charge is 0.422 e. The molecule has 2 heterocycles. The summed E-state index contributed by atoms with van der Waals surface area (Å²) in [4.78, 5) is 20.7. The van der Waals surface area contributed by atoms with Crippen molar-refractivity contribution in [1.29, 1.82) is 0 Å². The van der Waals surface area contributed by atoms with E-state index in [9.17, 15) is 18.0 Å². The molecule has 0 saturated heterocycles. The van der Waals surface area contributed by atoms with E-state index in [4.69, 9.17) is 25.6 Å². The van der Waals surface area contributed by atoms with Gasteiger partial charge >= 0.3 is 12.1 Å². The Morgan fingerprint density at radius 1 is 1.17 bits per heavy atom. The van der Waals surface area contributed by atoms with E-state index in [1.807, 2.05) is 18.2 Å². The Bertz CT molecular complexity index is 1440. The average Bonchev–Trinajstić information content (AvgIpc) is 3.30. The number of benzene rings is 2. The van der Waals surface area contributed by atoms with Gasteiger partial charge in [-0.1, -0.05) is 41.5 Å². The van der Waals surface area contributed by atoms with Crippen molar-refractivity contribution in [1.82, 2.24) is 15.1 Å². The molecule has 0 unspecified atom stereocenters. The minimum absolute atomic E-state index is 0.0254. The van der Waals surface area contributed by atoms with Gasteiger partial charge in [-0.3, -0.25) is 9.78 Å². The van der Waals surface area contributed by atoms with Crippen molar-refractivity contribution >= 4 is 28.3 Å². The Balaban J connectivity index is 1.58. The molecule has 11 heteroatoms. The average molecular weight is 518 g/mol. The standard InChI is InChI=1S/C25H19ClF3N3O4/c1-14(2)35-22(33)9-7-20-17-4-3-5-18(16(17)10-11-30-20)23-31-24(36-32-23)15-6-8-21(19(26)12-15)34-13-25(27,28)29/h3-6,8,10-12H,1,7,9,13H2,2H3. The van der Waals surface area contributed by atoms with E-state index in [0.717, 1.165) is 10.8 Å². The van der Waals surface area contributed by atoms with Gasteiger partial charge in [-0.25, -0.2) is 0 Å². The molecule has 2 aromatic heterocycles. The van der Waals surface area contributed by atoms with Crippen LogP contribution in [0, 0.1) is 0 Å². The predicted molar refractivity (Wildman–Crippen MR) is 126 cm³/mol. The van der Waals surface area contributed by atoms with E-state index in [1.54, 1.807) is 19.2 Å². The first-order chi connectivity index (χ1) is 17.1. The van der Waals surface area contributed by atoms with Crippen LogP contribution in [0.1, 0.15) is 19.0 Å². The second-order valence-corrected chi connectivity index (χ2v) is 8.21. The maximum Gasteiger partial charge on any atom is 0.422 e. The predicted octanol–water partition coefficient (Wildman–Crippen LogP) is 6.56. The summed E-state index contributed by atoms with van der Waals surface area (Å²) in [5.74, 6) is 0.240. The van der Waals surface area contributed by atoms with Crippen LogP contribution < -0.4 is 4.74 Å². The number of aromatic nitrogens is 3. The summed E-state index contributed by atoms with van der Waals surface area (Å²) >= 11 is 6.08. The molecular formula is C25H19ClF3N3O4. The Labute approximate surface area is 208 Å². The van der Waals surface area contributed by atoms with Gasteiger partial charge in [-0.2, -0.15) is 18.2 Å². The monoisotopic (exact) mass is 517 g/mol. The Kier molecular flexibility index (Phi) is 7.25.